The average molecular weight is 336 g/mol. The van der Waals surface area contributed by atoms with Gasteiger partial charge in [0, 0.05) is 31.8 Å². The Hall–Kier alpha value is -0.630. The lowest BCUT2D eigenvalue weighted by Crippen LogP contribution is -2.41. The van der Waals surface area contributed by atoms with Crippen molar-refractivity contribution in [2.24, 2.45) is 5.92 Å². The number of hydrogen-bond donors (Lipinski definition) is 0. The largest absolute Gasteiger partial charge is 0.383 e. The fourth-order valence-corrected chi connectivity index (χ4v) is 4.16. The first-order chi connectivity index (χ1) is 10.0. The van der Waals surface area contributed by atoms with Gasteiger partial charge in [-0.25, -0.2) is 8.42 Å². The lowest BCUT2D eigenvalue weighted by Gasteiger charge is -2.27. The summed E-state index contributed by atoms with van der Waals surface area (Å²) in [5.41, 5.74) is 0. The molecule has 1 aliphatic rings. The summed E-state index contributed by atoms with van der Waals surface area (Å²) in [4.78, 5) is 0.219. The van der Waals surface area contributed by atoms with Gasteiger partial charge in [0.15, 0.2) is 0 Å². The third kappa shape index (κ3) is 3.97. The van der Waals surface area contributed by atoms with Crippen LogP contribution in [0.5, 0.6) is 0 Å². The highest BCUT2D eigenvalue weighted by Crippen LogP contribution is 2.36. The number of aromatic nitrogens is 2. The maximum absolute atomic E-state index is 12.8. The van der Waals surface area contributed by atoms with Crippen LogP contribution in [-0.4, -0.2) is 54.7 Å². The monoisotopic (exact) mass is 335 g/mol. The molecule has 0 aliphatic heterocycles. The summed E-state index contributed by atoms with van der Waals surface area (Å²) in [5.74, 6) is 0.849. The minimum atomic E-state index is -3.55. The Morgan fingerprint density at radius 1 is 1.57 bits per heavy atom. The van der Waals surface area contributed by atoms with Crippen LogP contribution >= 0.6 is 11.6 Å². The zero-order valence-corrected chi connectivity index (χ0v) is 14.0. The van der Waals surface area contributed by atoms with E-state index in [0.29, 0.717) is 31.5 Å². The van der Waals surface area contributed by atoms with Gasteiger partial charge in [-0.05, 0) is 25.7 Å². The molecule has 0 amide bonds. The molecular weight excluding hydrogens is 314 g/mol. The van der Waals surface area contributed by atoms with Crippen LogP contribution in [0.25, 0.3) is 0 Å². The molecule has 0 N–H and O–H groups in total. The summed E-state index contributed by atoms with van der Waals surface area (Å²) in [7, 11) is -1.97. The minimum absolute atomic E-state index is 0.0125. The zero-order valence-electron chi connectivity index (χ0n) is 12.4. The first kappa shape index (κ1) is 16.7. The van der Waals surface area contributed by atoms with Gasteiger partial charge >= 0.3 is 0 Å². The molecule has 6 nitrogen and oxygen atoms in total. The number of methoxy groups -OCH3 is 1. The van der Waals surface area contributed by atoms with Gasteiger partial charge < -0.3 is 4.74 Å². The van der Waals surface area contributed by atoms with Crippen LogP contribution in [0.1, 0.15) is 19.8 Å². The molecule has 0 spiro atoms. The van der Waals surface area contributed by atoms with Crippen molar-refractivity contribution in [3.8, 4) is 0 Å². The smallest absolute Gasteiger partial charge is 0.246 e. The van der Waals surface area contributed by atoms with E-state index in [1.54, 1.807) is 11.8 Å². The second-order valence-corrected chi connectivity index (χ2v) is 7.58. The van der Waals surface area contributed by atoms with Gasteiger partial charge in [-0.1, -0.05) is 0 Å². The molecule has 8 heteroatoms. The third-order valence-electron chi connectivity index (χ3n) is 3.80. The minimum Gasteiger partial charge on any atom is -0.383 e. The number of aryl methyl sites for hydroxylation is 1. The predicted molar refractivity (Wildman–Crippen MR) is 80.9 cm³/mol. The zero-order chi connectivity index (χ0) is 15.5. The lowest BCUT2D eigenvalue weighted by atomic mass is 10.2. The van der Waals surface area contributed by atoms with Gasteiger partial charge in [-0.15, -0.1) is 11.6 Å². The molecule has 21 heavy (non-hydrogen) atoms. The molecule has 1 saturated carbocycles. The second-order valence-electron chi connectivity index (χ2n) is 5.31. The molecule has 2 rings (SSSR count). The van der Waals surface area contributed by atoms with Crippen molar-refractivity contribution in [2.75, 3.05) is 26.1 Å². The number of nitrogens with zero attached hydrogens (tertiary/aromatic N) is 3. The van der Waals surface area contributed by atoms with Gasteiger partial charge in [0.25, 0.3) is 0 Å². The Morgan fingerprint density at radius 3 is 2.86 bits per heavy atom. The molecule has 0 saturated heterocycles. The summed E-state index contributed by atoms with van der Waals surface area (Å²) in [6.45, 7) is 3.20. The topological polar surface area (TPSA) is 64.4 Å². The summed E-state index contributed by atoms with van der Waals surface area (Å²) in [5, 5.41) is 4.05. The Morgan fingerprint density at radius 2 is 2.29 bits per heavy atom. The van der Waals surface area contributed by atoms with E-state index < -0.39 is 10.0 Å². The van der Waals surface area contributed by atoms with Crippen molar-refractivity contribution in [1.29, 1.82) is 0 Å². The summed E-state index contributed by atoms with van der Waals surface area (Å²) >= 11 is 5.65. The van der Waals surface area contributed by atoms with E-state index in [2.05, 4.69) is 5.10 Å². The van der Waals surface area contributed by atoms with Crippen molar-refractivity contribution < 1.29 is 13.2 Å². The molecular formula is C13H22ClN3O3S. The van der Waals surface area contributed by atoms with Gasteiger partial charge in [-0.3, -0.25) is 4.68 Å². The van der Waals surface area contributed by atoms with Gasteiger partial charge in [0.1, 0.15) is 4.90 Å². The second kappa shape index (κ2) is 7.09. The molecule has 1 unspecified atom stereocenters. The number of sulfonamides is 1. The van der Waals surface area contributed by atoms with E-state index in [1.807, 2.05) is 6.92 Å². The van der Waals surface area contributed by atoms with Crippen LogP contribution in [-0.2, 0) is 21.3 Å². The van der Waals surface area contributed by atoms with E-state index in [9.17, 15) is 8.42 Å². The molecule has 120 valence electrons. The van der Waals surface area contributed by atoms with Crippen LogP contribution in [0.2, 0.25) is 0 Å². The van der Waals surface area contributed by atoms with E-state index in [0.717, 1.165) is 12.8 Å². The molecule has 0 radical (unpaired) electrons. The third-order valence-corrected chi connectivity index (χ3v) is 5.91. The van der Waals surface area contributed by atoms with Crippen molar-refractivity contribution in [2.45, 2.75) is 37.2 Å². The Balaban J connectivity index is 2.22. The normalized spacial score (nSPS) is 17.3. The van der Waals surface area contributed by atoms with Gasteiger partial charge in [0.05, 0.1) is 19.3 Å². The highest BCUT2D eigenvalue weighted by atomic mass is 35.5. The Bertz CT molecular complexity index is 557. The fourth-order valence-electron chi connectivity index (χ4n) is 2.36. The maximum atomic E-state index is 12.8. The fraction of sp³-hybridized carbons (Fsp3) is 0.769. The molecule has 1 aliphatic carbocycles. The molecule has 1 aromatic heterocycles. The molecule has 0 aromatic carbocycles. The van der Waals surface area contributed by atoms with Crippen LogP contribution in [0.3, 0.4) is 0 Å². The first-order valence-electron chi connectivity index (χ1n) is 7.10. The van der Waals surface area contributed by atoms with E-state index >= 15 is 0 Å². The van der Waals surface area contributed by atoms with Crippen LogP contribution in [0.4, 0.5) is 0 Å². The van der Waals surface area contributed by atoms with Gasteiger partial charge in [0.2, 0.25) is 10.0 Å². The van der Waals surface area contributed by atoms with Crippen LogP contribution in [0.15, 0.2) is 17.3 Å². The predicted octanol–water partition coefficient (Wildman–Crippen LogP) is 1.56. The van der Waals surface area contributed by atoms with Crippen molar-refractivity contribution in [1.82, 2.24) is 14.1 Å². The number of halogens is 1. The quantitative estimate of drug-likeness (QED) is 0.642. The first-order valence-corrected chi connectivity index (χ1v) is 9.07. The Kier molecular flexibility index (Phi) is 5.65. The molecule has 0 bridgehead atoms. The van der Waals surface area contributed by atoms with E-state index in [-0.39, 0.29) is 10.9 Å². The SMILES string of the molecule is COCCN(C(C)C1CC1)S(=O)(=O)c1cnn(CCCl)c1. The standard InChI is InChI=1S/C13H22ClN3O3S/c1-11(12-3-4-12)17(7-8-20-2)21(18,19)13-9-15-16(10-13)6-5-14/h9-12H,3-8H2,1-2H3. The van der Waals surface area contributed by atoms with Crippen LogP contribution < -0.4 is 0 Å². The number of ether oxygens (including phenoxy) is 1. The Labute approximate surface area is 131 Å². The number of alkyl halides is 1. The maximum Gasteiger partial charge on any atom is 0.246 e. The summed E-state index contributed by atoms with van der Waals surface area (Å²) < 4.78 is 33.8. The van der Waals surface area contributed by atoms with Crippen molar-refractivity contribution in [3.63, 3.8) is 0 Å². The van der Waals surface area contributed by atoms with E-state index in [4.69, 9.17) is 16.3 Å². The summed E-state index contributed by atoms with van der Waals surface area (Å²) in [6, 6.07) is -0.0125. The molecule has 1 fully saturated rings. The highest BCUT2D eigenvalue weighted by molar-refractivity contribution is 7.89. The number of hydrogen-bond acceptors (Lipinski definition) is 4. The number of rotatable bonds is 9. The molecule has 1 atom stereocenters. The van der Waals surface area contributed by atoms with Crippen molar-refractivity contribution in [3.05, 3.63) is 12.4 Å². The summed E-state index contributed by atoms with van der Waals surface area (Å²) in [6.07, 6.45) is 5.11. The average Bonchev–Trinajstić information content (AvgIpc) is 3.19. The molecule has 1 aromatic rings. The highest BCUT2D eigenvalue weighted by Gasteiger charge is 2.38. The lowest BCUT2D eigenvalue weighted by molar-refractivity contribution is 0.164. The van der Waals surface area contributed by atoms with Crippen molar-refractivity contribution >= 4 is 21.6 Å². The van der Waals surface area contributed by atoms with E-state index in [1.165, 1.54) is 16.7 Å². The van der Waals surface area contributed by atoms with Gasteiger partial charge in [-0.2, -0.15) is 9.40 Å². The molecule has 1 heterocycles. The van der Waals surface area contributed by atoms with Crippen LogP contribution in [0, 0.1) is 5.92 Å².